The highest BCUT2D eigenvalue weighted by molar-refractivity contribution is 5.58. The van der Waals surface area contributed by atoms with Crippen LogP contribution in [0, 0.1) is 6.92 Å². The summed E-state index contributed by atoms with van der Waals surface area (Å²) in [6.07, 6.45) is 5.24. The fourth-order valence-corrected chi connectivity index (χ4v) is 2.96. The number of hydrogen-bond acceptors (Lipinski definition) is 2. The van der Waals surface area contributed by atoms with Crippen molar-refractivity contribution in [2.75, 3.05) is 5.32 Å². The fraction of sp³-hybridized carbons (Fsp3) is 0.353. The zero-order valence-electron chi connectivity index (χ0n) is 11.6. The number of pyridine rings is 1. The monoisotopic (exact) mass is 252 g/mol. The number of rotatable bonds is 3. The van der Waals surface area contributed by atoms with E-state index < -0.39 is 0 Å². The van der Waals surface area contributed by atoms with Crippen LogP contribution in [0.15, 0.2) is 36.5 Å². The minimum atomic E-state index is 0.364. The molecule has 1 aliphatic rings. The van der Waals surface area contributed by atoms with Crippen molar-refractivity contribution in [3.63, 3.8) is 0 Å². The summed E-state index contributed by atoms with van der Waals surface area (Å²) < 4.78 is 0. The van der Waals surface area contributed by atoms with Gasteiger partial charge in [-0.25, -0.2) is 0 Å². The minimum Gasteiger partial charge on any atom is -0.376 e. The standard InChI is InChI=1S/C17H20N2/c1-3-13-7-4-6-12(2)16(13)19-15-10-9-14-8-5-11-18-17(14)15/h4-8,11,15,19H,3,9-10H2,1-2H3. The van der Waals surface area contributed by atoms with Crippen molar-refractivity contribution in [3.8, 4) is 0 Å². The SMILES string of the molecule is CCc1cccc(C)c1NC1CCc2cccnc21. The van der Waals surface area contributed by atoms with E-state index in [1.807, 2.05) is 12.3 Å². The first kappa shape index (κ1) is 12.2. The number of nitrogens with zero attached hydrogens (tertiary/aromatic N) is 1. The second kappa shape index (κ2) is 5.04. The van der Waals surface area contributed by atoms with Crippen LogP contribution in [0.3, 0.4) is 0 Å². The van der Waals surface area contributed by atoms with Gasteiger partial charge in [0.25, 0.3) is 0 Å². The molecule has 0 saturated heterocycles. The highest BCUT2D eigenvalue weighted by Crippen LogP contribution is 2.34. The Balaban J connectivity index is 1.91. The molecular weight excluding hydrogens is 232 g/mol. The number of hydrogen-bond donors (Lipinski definition) is 1. The van der Waals surface area contributed by atoms with E-state index in [0.29, 0.717) is 6.04 Å². The van der Waals surface area contributed by atoms with Gasteiger partial charge in [0.1, 0.15) is 0 Å². The molecule has 1 unspecified atom stereocenters. The number of nitrogens with one attached hydrogen (secondary N) is 1. The highest BCUT2D eigenvalue weighted by Gasteiger charge is 2.24. The molecule has 19 heavy (non-hydrogen) atoms. The number of benzene rings is 1. The molecule has 0 radical (unpaired) electrons. The van der Waals surface area contributed by atoms with E-state index >= 15 is 0 Å². The summed E-state index contributed by atoms with van der Waals surface area (Å²) in [5, 5.41) is 3.72. The summed E-state index contributed by atoms with van der Waals surface area (Å²) in [5.74, 6) is 0. The zero-order valence-corrected chi connectivity index (χ0v) is 11.6. The van der Waals surface area contributed by atoms with Gasteiger partial charge in [-0.15, -0.1) is 0 Å². The molecule has 3 rings (SSSR count). The van der Waals surface area contributed by atoms with Crippen LogP contribution in [0.25, 0.3) is 0 Å². The summed E-state index contributed by atoms with van der Waals surface area (Å²) in [4.78, 5) is 4.56. The smallest absolute Gasteiger partial charge is 0.0691 e. The van der Waals surface area contributed by atoms with Gasteiger partial charge in [-0.1, -0.05) is 31.2 Å². The first-order chi connectivity index (χ1) is 9.29. The third-order valence-corrected chi connectivity index (χ3v) is 4.02. The number of aromatic nitrogens is 1. The fourth-order valence-electron chi connectivity index (χ4n) is 2.96. The molecule has 0 aliphatic heterocycles. The van der Waals surface area contributed by atoms with Crippen molar-refractivity contribution in [2.45, 2.75) is 39.2 Å². The number of aryl methyl sites for hydroxylation is 3. The van der Waals surface area contributed by atoms with E-state index in [-0.39, 0.29) is 0 Å². The van der Waals surface area contributed by atoms with Crippen molar-refractivity contribution in [1.82, 2.24) is 4.98 Å². The predicted octanol–water partition coefficient (Wildman–Crippen LogP) is 4.05. The molecule has 1 aromatic carbocycles. The molecule has 1 heterocycles. The topological polar surface area (TPSA) is 24.9 Å². The van der Waals surface area contributed by atoms with Crippen molar-refractivity contribution < 1.29 is 0 Å². The van der Waals surface area contributed by atoms with E-state index in [1.54, 1.807) is 0 Å². The van der Waals surface area contributed by atoms with Gasteiger partial charge in [0.15, 0.2) is 0 Å². The van der Waals surface area contributed by atoms with E-state index in [4.69, 9.17) is 0 Å². The zero-order chi connectivity index (χ0) is 13.2. The van der Waals surface area contributed by atoms with Crippen LogP contribution < -0.4 is 5.32 Å². The maximum atomic E-state index is 4.56. The molecular formula is C17H20N2. The van der Waals surface area contributed by atoms with E-state index in [2.05, 4.69) is 48.4 Å². The molecule has 1 atom stereocenters. The van der Waals surface area contributed by atoms with Crippen LogP contribution in [-0.4, -0.2) is 4.98 Å². The van der Waals surface area contributed by atoms with Gasteiger partial charge in [-0.3, -0.25) is 4.98 Å². The molecule has 2 aromatic rings. The first-order valence-corrected chi connectivity index (χ1v) is 7.08. The second-order valence-corrected chi connectivity index (χ2v) is 5.25. The molecule has 98 valence electrons. The normalized spacial score (nSPS) is 17.3. The third-order valence-electron chi connectivity index (χ3n) is 4.02. The minimum absolute atomic E-state index is 0.364. The summed E-state index contributed by atoms with van der Waals surface area (Å²) in [7, 11) is 0. The maximum Gasteiger partial charge on any atom is 0.0691 e. The lowest BCUT2D eigenvalue weighted by Gasteiger charge is -2.19. The second-order valence-electron chi connectivity index (χ2n) is 5.25. The predicted molar refractivity (Wildman–Crippen MR) is 79.5 cm³/mol. The molecule has 0 bridgehead atoms. The number of para-hydroxylation sites is 1. The van der Waals surface area contributed by atoms with Gasteiger partial charge in [-0.2, -0.15) is 0 Å². The highest BCUT2D eigenvalue weighted by atomic mass is 15.0. The lowest BCUT2D eigenvalue weighted by Crippen LogP contribution is -2.11. The molecule has 2 heteroatoms. The Bertz CT molecular complexity index is 590. The Morgan fingerprint density at radius 2 is 2.16 bits per heavy atom. The van der Waals surface area contributed by atoms with Crippen LogP contribution in [0.1, 0.15) is 41.8 Å². The molecule has 0 fully saturated rings. The molecule has 1 aliphatic carbocycles. The summed E-state index contributed by atoms with van der Waals surface area (Å²) in [6.45, 7) is 4.39. The van der Waals surface area contributed by atoms with Crippen molar-refractivity contribution in [3.05, 3.63) is 58.9 Å². The third kappa shape index (κ3) is 2.23. The largest absolute Gasteiger partial charge is 0.376 e. The molecule has 0 spiro atoms. The molecule has 1 aromatic heterocycles. The molecule has 2 nitrogen and oxygen atoms in total. The van der Waals surface area contributed by atoms with Gasteiger partial charge in [-0.05, 0) is 48.9 Å². The Labute approximate surface area is 114 Å². The number of anilines is 1. The summed E-state index contributed by atoms with van der Waals surface area (Å²) in [5.41, 5.74) is 6.64. The average molecular weight is 252 g/mol. The lowest BCUT2D eigenvalue weighted by molar-refractivity contribution is 0.743. The average Bonchev–Trinajstić information content (AvgIpc) is 2.84. The van der Waals surface area contributed by atoms with E-state index in [0.717, 1.165) is 19.3 Å². The van der Waals surface area contributed by atoms with Gasteiger partial charge < -0.3 is 5.32 Å². The Hall–Kier alpha value is -1.83. The van der Waals surface area contributed by atoms with E-state index in [1.165, 1.54) is 28.1 Å². The van der Waals surface area contributed by atoms with Crippen LogP contribution in [0.5, 0.6) is 0 Å². The summed E-state index contributed by atoms with van der Waals surface area (Å²) >= 11 is 0. The van der Waals surface area contributed by atoms with Crippen LogP contribution in [-0.2, 0) is 12.8 Å². The van der Waals surface area contributed by atoms with Crippen molar-refractivity contribution >= 4 is 5.69 Å². The van der Waals surface area contributed by atoms with Crippen LogP contribution in [0.2, 0.25) is 0 Å². The maximum absolute atomic E-state index is 4.56. The van der Waals surface area contributed by atoms with Crippen molar-refractivity contribution in [2.24, 2.45) is 0 Å². The first-order valence-electron chi connectivity index (χ1n) is 7.08. The van der Waals surface area contributed by atoms with Gasteiger partial charge >= 0.3 is 0 Å². The van der Waals surface area contributed by atoms with Crippen molar-refractivity contribution in [1.29, 1.82) is 0 Å². The van der Waals surface area contributed by atoms with E-state index in [9.17, 15) is 0 Å². The quantitative estimate of drug-likeness (QED) is 0.891. The Kier molecular flexibility index (Phi) is 3.24. The lowest BCUT2D eigenvalue weighted by atomic mass is 10.0. The molecule has 0 saturated carbocycles. The Morgan fingerprint density at radius 3 is 3.00 bits per heavy atom. The molecule has 1 N–H and O–H groups in total. The van der Waals surface area contributed by atoms with Gasteiger partial charge in [0, 0.05) is 11.9 Å². The summed E-state index contributed by atoms with van der Waals surface area (Å²) in [6, 6.07) is 11.1. The van der Waals surface area contributed by atoms with Crippen LogP contribution >= 0.6 is 0 Å². The van der Waals surface area contributed by atoms with Gasteiger partial charge in [0.2, 0.25) is 0 Å². The molecule has 0 amide bonds. The number of fused-ring (bicyclic) bond motifs is 1. The van der Waals surface area contributed by atoms with Gasteiger partial charge in [0.05, 0.1) is 11.7 Å². The Morgan fingerprint density at radius 1 is 1.26 bits per heavy atom. The van der Waals surface area contributed by atoms with Crippen LogP contribution in [0.4, 0.5) is 5.69 Å².